The molecule has 0 spiro atoms. The molecule has 0 aliphatic heterocycles. The minimum atomic E-state index is -0.544. The highest BCUT2D eigenvalue weighted by atomic mass is 19.1. The third-order valence-corrected chi connectivity index (χ3v) is 2.86. The van der Waals surface area contributed by atoms with Crippen LogP contribution < -0.4 is 0 Å². The molecule has 0 atom stereocenters. The molecule has 84 valence electrons. The molecule has 0 bridgehead atoms. The molecule has 0 aromatic heterocycles. The van der Waals surface area contributed by atoms with Crippen molar-refractivity contribution >= 4 is 21.5 Å². The van der Waals surface area contributed by atoms with Crippen molar-refractivity contribution < 1.29 is 13.2 Å². The Hall–Kier alpha value is -2.03. The number of hydrogen-bond acceptors (Lipinski definition) is 0. The molecule has 0 N–H and O–H groups in total. The average molecular weight is 232 g/mol. The van der Waals surface area contributed by atoms with Gasteiger partial charge in [0, 0.05) is 10.8 Å². The molecule has 0 saturated carbocycles. The molecule has 0 unspecified atom stereocenters. The van der Waals surface area contributed by atoms with Gasteiger partial charge in [0.1, 0.15) is 17.5 Å². The molecule has 0 aliphatic rings. The maximum absolute atomic E-state index is 13.7. The molecule has 3 heteroatoms. The van der Waals surface area contributed by atoms with E-state index in [1.54, 1.807) is 12.1 Å². The Morgan fingerprint density at radius 3 is 2.18 bits per heavy atom. The second kappa shape index (κ2) is 3.48. The summed E-state index contributed by atoms with van der Waals surface area (Å²) in [6.45, 7) is 0. The molecule has 17 heavy (non-hydrogen) atoms. The fraction of sp³-hybridized carbons (Fsp3) is 0. The molecule has 0 heterocycles. The predicted octanol–water partition coefficient (Wildman–Crippen LogP) is 4.41. The Morgan fingerprint density at radius 1 is 0.647 bits per heavy atom. The zero-order chi connectivity index (χ0) is 12.0. The summed E-state index contributed by atoms with van der Waals surface area (Å²) in [5.74, 6) is -1.51. The van der Waals surface area contributed by atoms with Crippen LogP contribution in [0.2, 0.25) is 0 Å². The Bertz CT molecular complexity index is 732. The van der Waals surface area contributed by atoms with E-state index in [-0.39, 0.29) is 10.8 Å². The van der Waals surface area contributed by atoms with E-state index < -0.39 is 17.5 Å². The first-order chi connectivity index (χ1) is 8.16. The van der Waals surface area contributed by atoms with E-state index in [9.17, 15) is 13.2 Å². The zero-order valence-electron chi connectivity index (χ0n) is 8.68. The first-order valence-electron chi connectivity index (χ1n) is 5.13. The number of benzene rings is 3. The van der Waals surface area contributed by atoms with Gasteiger partial charge in [0.25, 0.3) is 0 Å². The van der Waals surface area contributed by atoms with E-state index in [2.05, 4.69) is 0 Å². The van der Waals surface area contributed by atoms with Crippen LogP contribution in [-0.4, -0.2) is 0 Å². The molecule has 0 amide bonds. The molecule has 0 saturated heterocycles. The van der Waals surface area contributed by atoms with Gasteiger partial charge in [0.15, 0.2) is 0 Å². The number of halogens is 3. The smallest absolute Gasteiger partial charge is 0.131 e. The lowest BCUT2D eigenvalue weighted by molar-refractivity contribution is 0.618. The van der Waals surface area contributed by atoms with Crippen LogP contribution in [0.3, 0.4) is 0 Å². The molecular formula is C14H7F3. The zero-order valence-corrected chi connectivity index (χ0v) is 8.68. The van der Waals surface area contributed by atoms with Crippen molar-refractivity contribution in [3.63, 3.8) is 0 Å². The summed E-state index contributed by atoms with van der Waals surface area (Å²) in [7, 11) is 0. The van der Waals surface area contributed by atoms with Crippen LogP contribution in [-0.2, 0) is 0 Å². The fourth-order valence-electron chi connectivity index (χ4n) is 2.07. The van der Waals surface area contributed by atoms with E-state index in [0.717, 1.165) is 12.1 Å². The van der Waals surface area contributed by atoms with Crippen LogP contribution in [0.15, 0.2) is 42.5 Å². The maximum Gasteiger partial charge on any atom is 0.131 e. The van der Waals surface area contributed by atoms with Gasteiger partial charge < -0.3 is 0 Å². The third-order valence-electron chi connectivity index (χ3n) is 2.86. The summed E-state index contributed by atoms with van der Waals surface area (Å²) < 4.78 is 40.5. The van der Waals surface area contributed by atoms with Crippen LogP contribution in [0, 0.1) is 17.5 Å². The molecule has 0 nitrogen and oxygen atoms in total. The Balaban J connectivity index is 2.62. The van der Waals surface area contributed by atoms with Crippen LogP contribution in [0.25, 0.3) is 21.5 Å². The highest BCUT2D eigenvalue weighted by molar-refractivity contribution is 6.07. The van der Waals surface area contributed by atoms with Gasteiger partial charge in [0.2, 0.25) is 0 Å². The van der Waals surface area contributed by atoms with Crippen molar-refractivity contribution in [2.75, 3.05) is 0 Å². The first-order valence-corrected chi connectivity index (χ1v) is 5.13. The van der Waals surface area contributed by atoms with Gasteiger partial charge in [-0.2, -0.15) is 0 Å². The lowest BCUT2D eigenvalue weighted by Crippen LogP contribution is -1.87. The van der Waals surface area contributed by atoms with Crippen LogP contribution in [0.5, 0.6) is 0 Å². The van der Waals surface area contributed by atoms with Crippen molar-refractivity contribution in [3.8, 4) is 0 Å². The second-order valence-corrected chi connectivity index (χ2v) is 3.88. The van der Waals surface area contributed by atoms with E-state index in [0.29, 0.717) is 10.8 Å². The summed E-state index contributed by atoms with van der Waals surface area (Å²) in [6.07, 6.45) is 0. The number of fused-ring (bicyclic) bond motifs is 3. The second-order valence-electron chi connectivity index (χ2n) is 3.88. The molecule has 3 aromatic rings. The normalized spacial score (nSPS) is 11.2. The van der Waals surface area contributed by atoms with Crippen LogP contribution in [0.4, 0.5) is 13.2 Å². The Labute approximate surface area is 95.3 Å². The highest BCUT2D eigenvalue weighted by Gasteiger charge is 2.09. The van der Waals surface area contributed by atoms with Crippen molar-refractivity contribution in [2.24, 2.45) is 0 Å². The SMILES string of the molecule is Fc1ccc2ccc3c(F)ccc(F)c3c2c1. The van der Waals surface area contributed by atoms with Crippen molar-refractivity contribution in [2.45, 2.75) is 0 Å². The fourth-order valence-corrected chi connectivity index (χ4v) is 2.07. The van der Waals surface area contributed by atoms with Crippen molar-refractivity contribution in [1.29, 1.82) is 0 Å². The maximum atomic E-state index is 13.7. The summed E-state index contributed by atoms with van der Waals surface area (Å²) >= 11 is 0. The quantitative estimate of drug-likeness (QED) is 0.503. The van der Waals surface area contributed by atoms with E-state index in [1.165, 1.54) is 18.2 Å². The standard InChI is InChI=1S/C14H7F3/c15-9-3-1-8-2-4-10-12(16)5-6-13(17)14(10)11(8)7-9/h1-7H. The summed E-state index contributed by atoms with van der Waals surface area (Å²) in [6, 6.07) is 9.36. The van der Waals surface area contributed by atoms with E-state index >= 15 is 0 Å². The topological polar surface area (TPSA) is 0 Å². The molecule has 0 radical (unpaired) electrons. The van der Waals surface area contributed by atoms with E-state index in [1.807, 2.05) is 0 Å². The molecule has 3 aromatic carbocycles. The highest BCUT2D eigenvalue weighted by Crippen LogP contribution is 2.29. The van der Waals surface area contributed by atoms with Gasteiger partial charge in [-0.05, 0) is 35.0 Å². The van der Waals surface area contributed by atoms with Gasteiger partial charge >= 0.3 is 0 Å². The average Bonchev–Trinajstić information content (AvgIpc) is 2.33. The largest absolute Gasteiger partial charge is 0.207 e. The predicted molar refractivity (Wildman–Crippen MR) is 61.3 cm³/mol. The van der Waals surface area contributed by atoms with Crippen molar-refractivity contribution in [1.82, 2.24) is 0 Å². The third kappa shape index (κ3) is 1.46. The van der Waals surface area contributed by atoms with Gasteiger partial charge in [-0.25, -0.2) is 13.2 Å². The van der Waals surface area contributed by atoms with Gasteiger partial charge in [-0.15, -0.1) is 0 Å². The molecule has 3 rings (SSSR count). The van der Waals surface area contributed by atoms with Crippen molar-refractivity contribution in [3.05, 3.63) is 59.9 Å². The summed E-state index contributed by atoms with van der Waals surface area (Å²) in [5.41, 5.74) is 0. The Morgan fingerprint density at radius 2 is 1.35 bits per heavy atom. The lowest BCUT2D eigenvalue weighted by atomic mass is 10.0. The van der Waals surface area contributed by atoms with Crippen LogP contribution >= 0.6 is 0 Å². The van der Waals surface area contributed by atoms with E-state index in [4.69, 9.17) is 0 Å². The monoisotopic (exact) mass is 232 g/mol. The molecule has 0 aliphatic carbocycles. The van der Waals surface area contributed by atoms with Crippen LogP contribution in [0.1, 0.15) is 0 Å². The minimum absolute atomic E-state index is 0.127. The summed E-state index contributed by atoms with van der Waals surface area (Å²) in [5, 5.41) is 1.37. The molecule has 0 fully saturated rings. The summed E-state index contributed by atoms with van der Waals surface area (Å²) in [4.78, 5) is 0. The van der Waals surface area contributed by atoms with Gasteiger partial charge in [0.05, 0.1) is 0 Å². The minimum Gasteiger partial charge on any atom is -0.207 e. The Kier molecular flexibility index (Phi) is 2.08. The number of hydrogen-bond donors (Lipinski definition) is 0. The molecular weight excluding hydrogens is 225 g/mol. The first kappa shape index (κ1) is 10.1. The number of rotatable bonds is 0. The van der Waals surface area contributed by atoms with Gasteiger partial charge in [-0.1, -0.05) is 18.2 Å². The van der Waals surface area contributed by atoms with Gasteiger partial charge in [-0.3, -0.25) is 0 Å². The lowest BCUT2D eigenvalue weighted by Gasteiger charge is -2.06.